The molecule has 1 nitrogen and oxygen atoms in total. The number of benzene rings is 3. The van der Waals surface area contributed by atoms with Gasteiger partial charge in [-0.25, -0.2) is 4.39 Å². The minimum absolute atomic E-state index is 0.184. The molecule has 0 aliphatic heterocycles. The molecule has 0 radical (unpaired) electrons. The van der Waals surface area contributed by atoms with Crippen molar-refractivity contribution in [2.45, 2.75) is 38.0 Å². The first-order valence-electron chi connectivity index (χ1n) is 10.8. The van der Waals surface area contributed by atoms with E-state index in [1.54, 1.807) is 12.1 Å². The highest BCUT2D eigenvalue weighted by Gasteiger charge is 2.23. The minimum atomic E-state index is -0.372. The van der Waals surface area contributed by atoms with Gasteiger partial charge < -0.3 is 4.74 Å². The van der Waals surface area contributed by atoms with Crippen LogP contribution in [-0.2, 0) is 18.3 Å². The molecule has 3 aromatic carbocycles. The van der Waals surface area contributed by atoms with Gasteiger partial charge in [0, 0.05) is 11.4 Å². The van der Waals surface area contributed by atoms with E-state index in [-0.39, 0.29) is 11.2 Å². The molecule has 3 rings (SSSR count). The average molecular weight is 447 g/mol. The molecule has 0 aliphatic carbocycles. The van der Waals surface area contributed by atoms with Crippen molar-refractivity contribution in [3.05, 3.63) is 112 Å². The molecular formula is C29H28ClFO. The summed E-state index contributed by atoms with van der Waals surface area (Å²) in [6.07, 6.45) is 10.8. The second-order valence-corrected chi connectivity index (χ2v) is 8.62. The van der Waals surface area contributed by atoms with E-state index in [1.807, 2.05) is 60.7 Å². The monoisotopic (exact) mass is 446 g/mol. The summed E-state index contributed by atoms with van der Waals surface area (Å²) in [5.41, 5.74) is 3.56. The second-order valence-electron chi connectivity index (χ2n) is 8.18. The molecule has 0 aliphatic rings. The van der Waals surface area contributed by atoms with Crippen molar-refractivity contribution in [1.82, 2.24) is 0 Å². The molecule has 32 heavy (non-hydrogen) atoms. The third kappa shape index (κ3) is 6.25. The Morgan fingerprint density at radius 1 is 1.06 bits per heavy atom. The molecule has 0 bridgehead atoms. The van der Waals surface area contributed by atoms with Crippen LogP contribution in [0, 0.1) is 18.2 Å². The van der Waals surface area contributed by atoms with Gasteiger partial charge in [-0.2, -0.15) is 0 Å². The van der Waals surface area contributed by atoms with Gasteiger partial charge in [0.05, 0.1) is 5.41 Å². The molecule has 0 amide bonds. The van der Waals surface area contributed by atoms with E-state index in [1.165, 1.54) is 0 Å². The van der Waals surface area contributed by atoms with Crippen LogP contribution in [0.4, 0.5) is 4.39 Å². The fraction of sp³-hybridized carbons (Fsp3) is 0.241. The topological polar surface area (TPSA) is 9.23 Å². The number of rotatable bonds is 10. The summed E-state index contributed by atoms with van der Waals surface area (Å²) < 4.78 is 19.9. The smallest absolute Gasteiger partial charge is 0.126 e. The molecule has 164 valence electrons. The normalized spacial score (nSPS) is 12.6. The van der Waals surface area contributed by atoms with Crippen LogP contribution in [0.1, 0.15) is 42.0 Å². The average Bonchev–Trinajstić information content (AvgIpc) is 2.81. The zero-order chi connectivity index (χ0) is 23.0. The zero-order valence-electron chi connectivity index (χ0n) is 18.4. The molecule has 0 spiro atoms. The van der Waals surface area contributed by atoms with Crippen molar-refractivity contribution < 1.29 is 9.13 Å². The van der Waals surface area contributed by atoms with Crippen LogP contribution < -0.4 is 4.74 Å². The maximum atomic E-state index is 14.4. The highest BCUT2D eigenvalue weighted by Crippen LogP contribution is 2.30. The Morgan fingerprint density at radius 3 is 2.41 bits per heavy atom. The molecule has 0 saturated heterocycles. The van der Waals surface area contributed by atoms with Gasteiger partial charge in [-0.3, -0.25) is 0 Å². The van der Waals surface area contributed by atoms with E-state index in [0.717, 1.165) is 41.7 Å². The highest BCUT2D eigenvalue weighted by molar-refractivity contribution is 6.30. The summed E-state index contributed by atoms with van der Waals surface area (Å²) in [4.78, 5) is 0. The van der Waals surface area contributed by atoms with Gasteiger partial charge in [-0.15, -0.1) is 6.42 Å². The Morgan fingerprint density at radius 2 is 1.75 bits per heavy atom. The minimum Gasteiger partial charge on any atom is -0.490 e. The van der Waals surface area contributed by atoms with Gasteiger partial charge in [0.1, 0.15) is 18.2 Å². The molecule has 0 saturated carbocycles. The second kappa shape index (κ2) is 11.0. The third-order valence-corrected chi connectivity index (χ3v) is 5.99. The van der Waals surface area contributed by atoms with Crippen molar-refractivity contribution >= 4 is 11.6 Å². The number of hydrogen-bond donors (Lipinski definition) is 0. The van der Waals surface area contributed by atoms with Crippen molar-refractivity contribution in [3.8, 4) is 18.1 Å². The number of aryl methyl sites for hydroxylation is 1. The Kier molecular flexibility index (Phi) is 8.14. The van der Waals surface area contributed by atoms with Crippen molar-refractivity contribution in [3.63, 3.8) is 0 Å². The van der Waals surface area contributed by atoms with Gasteiger partial charge in [0.15, 0.2) is 0 Å². The Bertz CT molecular complexity index is 1080. The van der Waals surface area contributed by atoms with Crippen LogP contribution in [0.5, 0.6) is 5.75 Å². The number of ether oxygens (including phenoxy) is 1. The van der Waals surface area contributed by atoms with E-state index in [9.17, 15) is 4.39 Å². The maximum Gasteiger partial charge on any atom is 0.126 e. The summed E-state index contributed by atoms with van der Waals surface area (Å²) in [6, 6.07) is 20.8. The van der Waals surface area contributed by atoms with Crippen molar-refractivity contribution in [2.75, 3.05) is 6.61 Å². The maximum absolute atomic E-state index is 14.4. The van der Waals surface area contributed by atoms with Gasteiger partial charge in [-0.1, -0.05) is 66.6 Å². The molecule has 3 aromatic rings. The molecule has 1 unspecified atom stereocenters. The molecule has 3 heteroatoms. The quantitative estimate of drug-likeness (QED) is 0.231. The van der Waals surface area contributed by atoms with E-state index < -0.39 is 0 Å². The molecule has 0 fully saturated rings. The first kappa shape index (κ1) is 23.6. The zero-order valence-corrected chi connectivity index (χ0v) is 19.2. The molecular weight excluding hydrogens is 419 g/mol. The Hall–Kier alpha value is -3.02. The summed E-state index contributed by atoms with van der Waals surface area (Å²) in [7, 11) is 0. The fourth-order valence-electron chi connectivity index (χ4n) is 3.76. The lowest BCUT2D eigenvalue weighted by atomic mass is 9.78. The first-order chi connectivity index (χ1) is 15.4. The first-order valence-corrected chi connectivity index (χ1v) is 11.1. The summed E-state index contributed by atoms with van der Waals surface area (Å²) in [6.45, 7) is 6.22. The van der Waals surface area contributed by atoms with Gasteiger partial charge in [0.25, 0.3) is 0 Å². The van der Waals surface area contributed by atoms with Crippen LogP contribution in [0.25, 0.3) is 0 Å². The third-order valence-electron chi connectivity index (χ3n) is 5.74. The molecule has 0 aromatic heterocycles. The van der Waals surface area contributed by atoms with Gasteiger partial charge in [0.2, 0.25) is 0 Å². The van der Waals surface area contributed by atoms with Crippen LogP contribution in [0.2, 0.25) is 5.02 Å². The van der Waals surface area contributed by atoms with Crippen molar-refractivity contribution in [2.24, 2.45) is 0 Å². The van der Waals surface area contributed by atoms with E-state index in [0.29, 0.717) is 23.6 Å². The summed E-state index contributed by atoms with van der Waals surface area (Å²) in [5, 5.41) is 0.679. The Labute approximate surface area is 195 Å². The van der Waals surface area contributed by atoms with Crippen molar-refractivity contribution in [1.29, 1.82) is 0 Å². The summed E-state index contributed by atoms with van der Waals surface area (Å²) in [5.74, 6) is 3.59. The van der Waals surface area contributed by atoms with Gasteiger partial charge in [-0.05, 0) is 78.8 Å². The SMILES string of the molecule is C#CC(C)(CCCc1ccc(F)c(Cc2ccc(Cl)cc2)c1)c1ccc(OCC=C)cc1. The molecule has 0 N–H and O–H groups in total. The number of halogens is 2. The number of hydrogen-bond acceptors (Lipinski definition) is 1. The van der Waals surface area contributed by atoms with E-state index in [4.69, 9.17) is 22.8 Å². The predicted molar refractivity (Wildman–Crippen MR) is 132 cm³/mol. The highest BCUT2D eigenvalue weighted by atomic mass is 35.5. The molecule has 0 heterocycles. The van der Waals surface area contributed by atoms with Crippen LogP contribution in [-0.4, -0.2) is 6.61 Å². The van der Waals surface area contributed by atoms with Crippen LogP contribution in [0.3, 0.4) is 0 Å². The lowest BCUT2D eigenvalue weighted by Gasteiger charge is -2.24. The largest absolute Gasteiger partial charge is 0.490 e. The van der Waals surface area contributed by atoms with Gasteiger partial charge >= 0.3 is 0 Å². The fourth-order valence-corrected chi connectivity index (χ4v) is 3.89. The summed E-state index contributed by atoms with van der Waals surface area (Å²) >= 11 is 5.95. The van der Waals surface area contributed by atoms with E-state index in [2.05, 4.69) is 19.4 Å². The number of terminal acetylenes is 1. The lowest BCUT2D eigenvalue weighted by Crippen LogP contribution is -2.19. The Balaban J connectivity index is 1.63. The van der Waals surface area contributed by atoms with Crippen LogP contribution in [0.15, 0.2) is 79.4 Å². The predicted octanol–water partition coefficient (Wildman–Crippen LogP) is 7.55. The van der Waals surface area contributed by atoms with Crippen LogP contribution >= 0.6 is 11.6 Å². The standard InChI is InChI=1S/C29H28ClFO/c1-4-19-32-27-15-11-25(12-16-27)29(3,5-2)18-6-7-22-10-17-28(31)24(20-22)21-23-8-13-26(30)14-9-23/h2,4,8-17,20H,1,6-7,18-19,21H2,3H3. The lowest BCUT2D eigenvalue weighted by molar-refractivity contribution is 0.363. The van der Waals surface area contributed by atoms with E-state index >= 15 is 0 Å². The molecule has 1 atom stereocenters.